The van der Waals surface area contributed by atoms with Gasteiger partial charge in [-0.1, -0.05) is 103 Å². The van der Waals surface area contributed by atoms with E-state index in [0.717, 1.165) is 17.5 Å². The van der Waals surface area contributed by atoms with Gasteiger partial charge in [0.2, 0.25) is 29.5 Å². The summed E-state index contributed by atoms with van der Waals surface area (Å²) in [6.45, 7) is 7.72. The summed E-state index contributed by atoms with van der Waals surface area (Å²) in [5, 5.41) is 21.6. The predicted octanol–water partition coefficient (Wildman–Crippen LogP) is 2.57. The van der Waals surface area contributed by atoms with Crippen LogP contribution in [0.4, 0.5) is 0 Å². The fraction of sp³-hybridized carbons (Fsp3) is 0.532. The van der Waals surface area contributed by atoms with E-state index in [1.54, 1.807) is 11.0 Å². The van der Waals surface area contributed by atoms with Gasteiger partial charge in [0.25, 0.3) is 19.4 Å². The first-order chi connectivity index (χ1) is 40.7. The first-order valence-electron chi connectivity index (χ1n) is 29.2. The van der Waals surface area contributed by atoms with Gasteiger partial charge in [-0.25, -0.2) is 0 Å². The van der Waals surface area contributed by atoms with Crippen molar-refractivity contribution in [2.75, 3.05) is 98.6 Å². The van der Waals surface area contributed by atoms with E-state index in [4.69, 9.17) is 19.9 Å². The number of nitrogens with two attached hydrogens (primary N) is 1. The first kappa shape index (κ1) is 65.6. The number of hydrogen-bond donors (Lipinski definition) is 6. The Hall–Kier alpha value is -7.53. The lowest BCUT2D eigenvalue weighted by atomic mass is 9.92. The molecule has 5 amide bonds. The highest BCUT2D eigenvalue weighted by Gasteiger charge is 2.40. The maximum atomic E-state index is 14.3. The third-order valence-corrected chi connectivity index (χ3v) is 16.5. The number of benzene rings is 2. The summed E-state index contributed by atoms with van der Waals surface area (Å²) >= 11 is 0. The Kier molecular flexibility index (Phi) is 27.8. The molecule has 1 aliphatic heterocycles. The summed E-state index contributed by atoms with van der Waals surface area (Å²) in [6, 6.07) is 19.1. The van der Waals surface area contributed by atoms with Crippen LogP contribution in [-0.4, -0.2) is 184 Å². The highest BCUT2D eigenvalue weighted by Crippen LogP contribution is 2.44. The molecule has 84 heavy (non-hydrogen) atoms. The van der Waals surface area contributed by atoms with Gasteiger partial charge in [0.15, 0.2) is 0 Å². The molecule has 0 radical (unpaired) electrons. The summed E-state index contributed by atoms with van der Waals surface area (Å²) in [5.74, 6) is -3.46. The van der Waals surface area contributed by atoms with Crippen LogP contribution in [0.25, 0.3) is 6.08 Å². The summed E-state index contributed by atoms with van der Waals surface area (Å²) < 4.78 is 15.3. The Morgan fingerprint density at radius 1 is 0.583 bits per heavy atom. The molecule has 4 aliphatic rings. The normalized spacial score (nSPS) is 25.2. The van der Waals surface area contributed by atoms with Crippen LogP contribution >= 0.6 is 0 Å². The largest absolute Gasteiger partial charge is 0.480 e. The number of primary amides is 1. The minimum absolute atomic E-state index is 0.00878. The number of amides is 5. The zero-order chi connectivity index (χ0) is 60.1. The Morgan fingerprint density at radius 3 is 1.63 bits per heavy atom. The summed E-state index contributed by atoms with van der Waals surface area (Å²) in [7, 11) is 0. The van der Waals surface area contributed by atoms with Gasteiger partial charge < -0.3 is 46.3 Å². The maximum Gasteiger partial charge on any atom is 0.317 e. The number of hydrogen-bond acceptors (Lipinski definition) is 16. The van der Waals surface area contributed by atoms with Crippen LogP contribution < -0.4 is 27.0 Å². The number of carbonyl (C=O) groups is 9. The van der Waals surface area contributed by atoms with Gasteiger partial charge in [0.05, 0.1) is 19.1 Å². The molecule has 0 bridgehead atoms. The molecule has 0 spiro atoms. The van der Waals surface area contributed by atoms with E-state index in [2.05, 4.69) is 64.3 Å². The lowest BCUT2D eigenvalue weighted by molar-refractivity contribution is -0.139. The molecule has 2 aromatic rings. The average Bonchev–Trinajstić information content (AvgIpc) is 4.46. The van der Waals surface area contributed by atoms with Crippen molar-refractivity contribution in [3.63, 3.8) is 0 Å². The number of carboxylic acids is 1. The third kappa shape index (κ3) is 22.2. The van der Waals surface area contributed by atoms with E-state index in [1.807, 2.05) is 75.4 Å². The second kappa shape index (κ2) is 35.6. The smallest absolute Gasteiger partial charge is 0.317 e. The second-order valence-electron chi connectivity index (χ2n) is 22.3. The number of nitrogens with one attached hydrogen (secondary N) is 4. The molecule has 3 aliphatic carbocycles. The molecular formula is C62H85N9O13. The highest BCUT2D eigenvalue weighted by molar-refractivity contribution is 5.85. The highest BCUT2D eigenvalue weighted by atomic mass is 16.5. The van der Waals surface area contributed by atoms with Crippen molar-refractivity contribution in [2.45, 2.75) is 57.5 Å². The molecule has 2 aromatic carbocycles. The van der Waals surface area contributed by atoms with Crippen LogP contribution in [-0.2, 0) is 63.9 Å². The standard InChI is InChI=1S/C62H85N9O13/c1-2-50-29-48(32-54(50)61(80)67-37-57(63)75)15-17-52-31-49(34-56(52)62(81)66-36-46-11-7-4-8-12-46)16-18-51-30-47(14-13-45-9-5-3-6-10-45)33-55(51)60(79)65-20-19-64-58(76)35-53(39-82-42-72)71-27-25-68(38-59(77)78)21-22-69(40-83-43-73)23-24-70(26-28-71)41-84-44-74/h2-18,42-44,47-56H,1,19-41H2,(H2,63,75)(H,64,76)(H,65,79)(H,66,81)(H,67,80)(H,77,78)/b14-13?,17-15-,18-16-. The number of ether oxygens (including phenoxy) is 3. The van der Waals surface area contributed by atoms with Gasteiger partial charge in [-0.05, 0) is 85.2 Å². The van der Waals surface area contributed by atoms with Crippen LogP contribution in [0.1, 0.15) is 56.1 Å². The molecule has 1 heterocycles. The van der Waals surface area contributed by atoms with E-state index in [9.17, 15) is 48.3 Å². The molecule has 22 heteroatoms. The third-order valence-electron chi connectivity index (χ3n) is 16.5. The molecular weight excluding hydrogens is 1080 g/mol. The Bertz CT molecular complexity index is 2550. The van der Waals surface area contributed by atoms with Gasteiger partial charge in [0.1, 0.15) is 20.1 Å². The number of carboxylic acid groups (broad SMARTS) is 1. The lowest BCUT2D eigenvalue weighted by Gasteiger charge is -2.36. The van der Waals surface area contributed by atoms with E-state index in [-0.39, 0.29) is 136 Å². The summed E-state index contributed by atoms with van der Waals surface area (Å²) in [6.07, 6.45) is 18.6. The van der Waals surface area contributed by atoms with Gasteiger partial charge in [-0.2, -0.15) is 0 Å². The van der Waals surface area contributed by atoms with Crippen molar-refractivity contribution in [3.8, 4) is 0 Å². The van der Waals surface area contributed by atoms with Crippen molar-refractivity contribution in [2.24, 2.45) is 59.0 Å². The van der Waals surface area contributed by atoms with Gasteiger partial charge in [0, 0.05) is 96.2 Å². The number of allylic oxidation sites excluding steroid dienone is 6. The van der Waals surface area contributed by atoms with Crippen molar-refractivity contribution in [3.05, 3.63) is 115 Å². The number of rotatable bonds is 31. The molecule has 456 valence electrons. The van der Waals surface area contributed by atoms with Gasteiger partial charge in [-0.3, -0.25) is 62.8 Å². The van der Waals surface area contributed by atoms with Gasteiger partial charge >= 0.3 is 5.97 Å². The molecule has 10 atom stereocenters. The van der Waals surface area contributed by atoms with Crippen LogP contribution in [0.15, 0.2) is 104 Å². The first-order valence-corrected chi connectivity index (χ1v) is 29.2. The van der Waals surface area contributed by atoms with Crippen LogP contribution in [0.3, 0.4) is 0 Å². The minimum Gasteiger partial charge on any atom is -0.480 e. The number of nitrogens with zero attached hydrogens (tertiary/aromatic N) is 4. The molecule has 7 N–H and O–H groups in total. The Labute approximate surface area is 492 Å². The zero-order valence-corrected chi connectivity index (χ0v) is 48.0. The molecule has 3 saturated carbocycles. The second-order valence-corrected chi connectivity index (χ2v) is 22.3. The number of carbonyl (C=O) groups excluding carboxylic acids is 8. The molecule has 6 rings (SSSR count). The lowest BCUT2D eigenvalue weighted by Crippen LogP contribution is -2.51. The van der Waals surface area contributed by atoms with E-state index in [0.29, 0.717) is 104 Å². The quantitative estimate of drug-likeness (QED) is 0.0274. The van der Waals surface area contributed by atoms with E-state index >= 15 is 0 Å². The van der Waals surface area contributed by atoms with E-state index < -0.39 is 17.9 Å². The Balaban J connectivity index is 1.11. The SMILES string of the molecule is C=CC1CC(/C=C\C2CC(/C=C\C3CC(C=Cc4ccccc4)CC3C(=O)NCCNC(=O)CC(COC=O)N3CCN(COC=O)CCN(COC=O)CCN(CC(=O)O)CC3)CC2C(=O)NCc2ccccc2)CC1C(=O)NCC(N)=O. The predicted molar refractivity (Wildman–Crippen MR) is 313 cm³/mol. The number of aliphatic carboxylic acids is 1. The Morgan fingerprint density at radius 2 is 1.07 bits per heavy atom. The molecule has 10 unspecified atom stereocenters. The van der Waals surface area contributed by atoms with Crippen LogP contribution in [0, 0.1) is 53.3 Å². The molecule has 1 saturated heterocycles. The monoisotopic (exact) mass is 1160 g/mol. The molecule has 22 nitrogen and oxygen atoms in total. The van der Waals surface area contributed by atoms with Crippen LogP contribution in [0.2, 0.25) is 0 Å². The minimum atomic E-state index is -1.03. The fourth-order valence-electron chi connectivity index (χ4n) is 12.1. The molecule has 4 fully saturated rings. The van der Waals surface area contributed by atoms with Crippen molar-refractivity contribution >= 4 is 61.0 Å². The van der Waals surface area contributed by atoms with Crippen molar-refractivity contribution < 1.29 is 62.5 Å². The zero-order valence-electron chi connectivity index (χ0n) is 48.0. The topological polar surface area (TPSA) is 289 Å². The maximum absolute atomic E-state index is 14.3. The summed E-state index contributed by atoms with van der Waals surface area (Å²) in [5.41, 5.74) is 7.34. The van der Waals surface area contributed by atoms with Crippen molar-refractivity contribution in [1.82, 2.24) is 40.9 Å². The van der Waals surface area contributed by atoms with Crippen LogP contribution in [0.5, 0.6) is 0 Å². The molecule has 0 aromatic heterocycles. The van der Waals surface area contributed by atoms with Crippen molar-refractivity contribution in [1.29, 1.82) is 0 Å². The summed E-state index contributed by atoms with van der Waals surface area (Å²) in [4.78, 5) is 119. The van der Waals surface area contributed by atoms with E-state index in [1.165, 1.54) is 0 Å². The fourth-order valence-corrected chi connectivity index (χ4v) is 12.1. The van der Waals surface area contributed by atoms with Gasteiger partial charge in [-0.15, -0.1) is 6.58 Å². The average molecular weight is 1160 g/mol.